The number of ether oxygens (including phenoxy) is 1. The van der Waals surface area contributed by atoms with Crippen LogP contribution in [0.3, 0.4) is 0 Å². The molecule has 0 saturated carbocycles. The predicted octanol–water partition coefficient (Wildman–Crippen LogP) is 8.46. The lowest BCUT2D eigenvalue weighted by Crippen LogP contribution is -2.25. The molecule has 0 aliphatic rings. The number of hydrogen-bond donors (Lipinski definition) is 0. The van der Waals surface area contributed by atoms with E-state index in [-0.39, 0.29) is 16.3 Å². The minimum absolute atomic E-state index is 0.0687. The second-order valence-corrected chi connectivity index (χ2v) is 14.7. The quantitative estimate of drug-likeness (QED) is 0.141. The third-order valence-electron chi connectivity index (χ3n) is 5.54. The molecule has 1 nitrogen and oxygen atoms in total. The molecule has 198 valence electrons. The van der Waals surface area contributed by atoms with Gasteiger partial charge in [-0.2, -0.15) is 8.78 Å². The van der Waals surface area contributed by atoms with Gasteiger partial charge < -0.3 is 4.74 Å². The molecule has 39 heavy (non-hydrogen) atoms. The third-order valence-corrected chi connectivity index (χ3v) is 6.42. The molecule has 0 atom stereocenters. The molecular weight excluding hydrogens is 530 g/mol. The first kappa shape index (κ1) is 27.9. The van der Waals surface area contributed by atoms with Gasteiger partial charge in [0.15, 0.2) is 0 Å². The number of fused-ring (bicyclic) bond motifs is 1. The van der Waals surface area contributed by atoms with Crippen molar-refractivity contribution in [3.63, 3.8) is 0 Å². The minimum atomic E-state index is -4.44. The van der Waals surface area contributed by atoms with Crippen molar-refractivity contribution >= 4 is 18.8 Å². The highest BCUT2D eigenvalue weighted by atomic mass is 28.3. The maximum Gasteiger partial charge on any atom is 0.432 e. The number of alkyl halides is 2. The molecule has 0 radical (unpaired) electrons. The van der Waals surface area contributed by atoms with Gasteiger partial charge >= 0.3 is 6.11 Å². The molecule has 4 aromatic rings. The molecule has 4 aromatic carbocycles. The van der Waals surface area contributed by atoms with Crippen LogP contribution in [0.5, 0.6) is 5.75 Å². The highest BCUT2D eigenvalue weighted by molar-refractivity contribution is 6.83. The first-order valence-electron chi connectivity index (χ1n) is 11.8. The SMILES string of the molecule is Cc1ccc(C#Cc2cc(F)c(C(F)(F)Oc3ccc4c(F)c(C#C[Si](C)(C)C)c(F)cc4c3)c(F)c2)cc1. The van der Waals surface area contributed by atoms with Crippen molar-refractivity contribution in [2.45, 2.75) is 32.7 Å². The van der Waals surface area contributed by atoms with Gasteiger partial charge in [0.2, 0.25) is 0 Å². The Morgan fingerprint density at radius 2 is 1.33 bits per heavy atom. The van der Waals surface area contributed by atoms with Gasteiger partial charge in [0.25, 0.3) is 0 Å². The molecule has 0 fully saturated rings. The van der Waals surface area contributed by atoms with E-state index in [2.05, 4.69) is 28.0 Å². The maximum atomic E-state index is 14.9. The fourth-order valence-electron chi connectivity index (χ4n) is 3.64. The van der Waals surface area contributed by atoms with Crippen LogP contribution in [0.2, 0.25) is 19.6 Å². The van der Waals surface area contributed by atoms with Crippen LogP contribution in [0.25, 0.3) is 10.8 Å². The van der Waals surface area contributed by atoms with Crippen LogP contribution >= 0.6 is 0 Å². The Labute approximate surface area is 223 Å². The number of halogens is 6. The van der Waals surface area contributed by atoms with Crippen LogP contribution in [0.1, 0.15) is 27.8 Å². The average molecular weight is 553 g/mol. The van der Waals surface area contributed by atoms with Gasteiger partial charge in [-0.1, -0.05) is 55.1 Å². The Balaban J connectivity index is 1.64. The van der Waals surface area contributed by atoms with E-state index in [0.717, 1.165) is 29.8 Å². The highest BCUT2D eigenvalue weighted by Crippen LogP contribution is 2.37. The summed E-state index contributed by atoms with van der Waals surface area (Å²) in [6, 6.07) is 12.4. The first-order valence-corrected chi connectivity index (χ1v) is 15.3. The lowest BCUT2D eigenvalue weighted by atomic mass is 10.0. The summed E-state index contributed by atoms with van der Waals surface area (Å²) in [7, 11) is -1.92. The van der Waals surface area contributed by atoms with E-state index < -0.39 is 54.3 Å². The Morgan fingerprint density at radius 3 is 1.95 bits per heavy atom. The molecule has 0 aliphatic heterocycles. The summed E-state index contributed by atoms with van der Waals surface area (Å²) in [5, 5.41) is -0.152. The summed E-state index contributed by atoms with van der Waals surface area (Å²) in [6.07, 6.45) is -4.44. The van der Waals surface area contributed by atoms with Crippen LogP contribution in [0.15, 0.2) is 60.7 Å². The standard InChI is InChI=1S/C31H22F6OSi/c1-19-5-7-20(8-6-19)9-10-21-15-27(33)29(28(34)16-21)31(36,37)38-23-11-12-24-22(17-23)18-26(32)25(30(24)35)13-14-39(2,3)4/h5-8,11-12,15-18H,1-4H3. The second kappa shape index (κ2) is 10.6. The van der Waals surface area contributed by atoms with E-state index in [1.54, 1.807) is 12.1 Å². The maximum absolute atomic E-state index is 14.9. The monoisotopic (exact) mass is 552 g/mol. The van der Waals surface area contributed by atoms with Gasteiger partial charge in [-0.3, -0.25) is 0 Å². The Kier molecular flexibility index (Phi) is 7.54. The highest BCUT2D eigenvalue weighted by Gasteiger charge is 2.41. The topological polar surface area (TPSA) is 9.23 Å². The Hall–Kier alpha value is -4.14. The van der Waals surface area contributed by atoms with Crippen LogP contribution < -0.4 is 4.74 Å². The van der Waals surface area contributed by atoms with Crippen molar-refractivity contribution in [2.75, 3.05) is 0 Å². The van der Waals surface area contributed by atoms with Crippen molar-refractivity contribution in [2.24, 2.45) is 0 Å². The van der Waals surface area contributed by atoms with Crippen LogP contribution in [0.4, 0.5) is 26.3 Å². The van der Waals surface area contributed by atoms with Gasteiger partial charge in [-0.05, 0) is 60.8 Å². The molecule has 0 unspecified atom stereocenters. The van der Waals surface area contributed by atoms with Crippen molar-refractivity contribution in [1.82, 2.24) is 0 Å². The lowest BCUT2D eigenvalue weighted by Gasteiger charge is -2.20. The number of benzene rings is 4. The molecule has 0 spiro atoms. The number of hydrogen-bond acceptors (Lipinski definition) is 1. The number of rotatable bonds is 3. The summed E-state index contributed by atoms with van der Waals surface area (Å²) in [4.78, 5) is 0. The molecule has 0 aliphatic carbocycles. The second-order valence-electron chi connectivity index (χ2n) is 9.98. The molecule has 0 amide bonds. The molecule has 0 heterocycles. The average Bonchev–Trinajstić information content (AvgIpc) is 2.82. The van der Waals surface area contributed by atoms with Crippen LogP contribution in [-0.2, 0) is 6.11 Å². The van der Waals surface area contributed by atoms with Crippen molar-refractivity contribution in [3.8, 4) is 29.1 Å². The van der Waals surface area contributed by atoms with Crippen molar-refractivity contribution in [3.05, 3.63) is 112 Å². The Morgan fingerprint density at radius 1 is 0.718 bits per heavy atom. The zero-order chi connectivity index (χ0) is 28.5. The molecule has 4 rings (SSSR count). The largest absolute Gasteiger partial charge is 0.432 e. The van der Waals surface area contributed by atoms with E-state index in [4.69, 9.17) is 0 Å². The predicted molar refractivity (Wildman–Crippen MR) is 142 cm³/mol. The molecule has 8 heteroatoms. The van der Waals surface area contributed by atoms with Gasteiger partial charge in [0.1, 0.15) is 42.7 Å². The minimum Gasteiger partial charge on any atom is -0.429 e. The molecule has 0 N–H and O–H groups in total. The van der Waals surface area contributed by atoms with Crippen LogP contribution in [0, 0.1) is 53.5 Å². The van der Waals surface area contributed by atoms with Gasteiger partial charge in [-0.15, -0.1) is 5.54 Å². The van der Waals surface area contributed by atoms with Gasteiger partial charge in [0, 0.05) is 16.5 Å². The molecule has 0 bridgehead atoms. The van der Waals surface area contributed by atoms with E-state index in [9.17, 15) is 26.3 Å². The van der Waals surface area contributed by atoms with Gasteiger partial charge in [-0.25, -0.2) is 17.6 Å². The molecule has 0 aromatic heterocycles. The zero-order valence-corrected chi connectivity index (χ0v) is 22.4. The summed E-state index contributed by atoms with van der Waals surface area (Å²) < 4.78 is 93.3. The smallest absolute Gasteiger partial charge is 0.429 e. The van der Waals surface area contributed by atoms with Crippen LogP contribution in [-0.4, -0.2) is 8.07 Å². The summed E-state index contributed by atoms with van der Waals surface area (Å²) in [5.74, 6) is 2.24. The fraction of sp³-hybridized carbons (Fsp3) is 0.161. The summed E-state index contributed by atoms with van der Waals surface area (Å²) in [5.41, 5.74) is 2.29. The molecule has 0 saturated heterocycles. The lowest BCUT2D eigenvalue weighted by molar-refractivity contribution is -0.189. The molecular formula is C31H22F6OSi. The third kappa shape index (κ3) is 6.47. The fourth-order valence-corrected chi connectivity index (χ4v) is 4.14. The normalized spacial score (nSPS) is 11.4. The van der Waals surface area contributed by atoms with Crippen molar-refractivity contribution < 1.29 is 31.1 Å². The summed E-state index contributed by atoms with van der Waals surface area (Å²) in [6.45, 7) is 7.63. The summed E-state index contributed by atoms with van der Waals surface area (Å²) >= 11 is 0. The van der Waals surface area contributed by atoms with E-state index in [1.807, 2.05) is 38.7 Å². The van der Waals surface area contributed by atoms with Gasteiger partial charge in [0.05, 0.1) is 5.56 Å². The Bertz CT molecular complexity index is 1670. The van der Waals surface area contributed by atoms with E-state index in [0.29, 0.717) is 17.7 Å². The number of aryl methyl sites for hydroxylation is 1. The zero-order valence-electron chi connectivity index (χ0n) is 21.4. The van der Waals surface area contributed by atoms with Crippen molar-refractivity contribution in [1.29, 1.82) is 0 Å². The van der Waals surface area contributed by atoms with E-state index >= 15 is 0 Å². The van der Waals surface area contributed by atoms with E-state index in [1.165, 1.54) is 0 Å². The first-order chi connectivity index (χ1) is 18.2.